The lowest BCUT2D eigenvalue weighted by Gasteiger charge is -2.25. The molecule has 1 aromatic rings. The van der Waals surface area contributed by atoms with Crippen LogP contribution in [0.3, 0.4) is 0 Å². The van der Waals surface area contributed by atoms with Gasteiger partial charge in [0.25, 0.3) is 5.91 Å². The van der Waals surface area contributed by atoms with E-state index in [1.54, 1.807) is 0 Å². The smallest absolute Gasteiger partial charge is 0.254 e. The summed E-state index contributed by atoms with van der Waals surface area (Å²) in [6, 6.07) is 5.96. The van der Waals surface area contributed by atoms with Gasteiger partial charge in [0.1, 0.15) is 0 Å². The number of halogens is 1. The third-order valence-corrected chi connectivity index (χ3v) is 3.70. The molecule has 0 saturated carbocycles. The van der Waals surface area contributed by atoms with Gasteiger partial charge in [-0.15, -0.1) is 12.4 Å². The van der Waals surface area contributed by atoms with Crippen LogP contribution in [0.4, 0.5) is 5.69 Å². The lowest BCUT2D eigenvalue weighted by Crippen LogP contribution is -2.35. The lowest BCUT2D eigenvalue weighted by molar-refractivity contribution is 0.0668. The molecule has 1 amide bonds. The summed E-state index contributed by atoms with van der Waals surface area (Å²) < 4.78 is 5.36. The molecule has 0 aliphatic carbocycles. The molecule has 1 aromatic carbocycles. The minimum Gasteiger partial charge on any atom is -0.385 e. The Balaban J connectivity index is 0.00000220. The van der Waals surface area contributed by atoms with Crippen LogP contribution in [0.5, 0.6) is 0 Å². The molecule has 0 spiro atoms. The molecule has 1 heterocycles. The van der Waals surface area contributed by atoms with Crippen molar-refractivity contribution in [3.8, 4) is 0 Å². The van der Waals surface area contributed by atoms with Crippen LogP contribution in [-0.2, 0) is 11.2 Å². The Kier molecular flexibility index (Phi) is 7.54. The fourth-order valence-corrected chi connectivity index (χ4v) is 2.60. The zero-order chi connectivity index (χ0) is 14.4. The fraction of sp³-hybridized carbons (Fsp3) is 0.562. The van der Waals surface area contributed by atoms with Crippen molar-refractivity contribution in [1.82, 2.24) is 4.90 Å². The lowest BCUT2D eigenvalue weighted by atomic mass is 9.97. The van der Waals surface area contributed by atoms with E-state index in [4.69, 9.17) is 4.74 Å². The summed E-state index contributed by atoms with van der Waals surface area (Å²) in [5, 5.41) is 3.37. The minimum atomic E-state index is 0. The molecule has 4 nitrogen and oxygen atoms in total. The average molecular weight is 313 g/mol. The SMILES string of the molecule is CCOCCN(CC)C(=O)c1cccc2c1CCCN2.Cl. The molecule has 0 bridgehead atoms. The van der Waals surface area contributed by atoms with Crippen LogP contribution in [0, 0.1) is 0 Å². The predicted octanol–water partition coefficient (Wildman–Crippen LogP) is 2.97. The van der Waals surface area contributed by atoms with Crippen molar-refractivity contribution < 1.29 is 9.53 Å². The maximum atomic E-state index is 12.7. The molecule has 0 fully saturated rings. The summed E-state index contributed by atoms with van der Waals surface area (Å²) >= 11 is 0. The van der Waals surface area contributed by atoms with Crippen LogP contribution >= 0.6 is 12.4 Å². The number of carbonyl (C=O) groups is 1. The van der Waals surface area contributed by atoms with Gasteiger partial charge < -0.3 is 15.0 Å². The quantitative estimate of drug-likeness (QED) is 0.821. The third kappa shape index (κ3) is 4.35. The van der Waals surface area contributed by atoms with Crippen molar-refractivity contribution in [2.75, 3.05) is 38.2 Å². The molecule has 0 aromatic heterocycles. The number of amides is 1. The number of likely N-dealkylation sites (N-methyl/N-ethyl adjacent to an activating group) is 1. The van der Waals surface area contributed by atoms with Gasteiger partial charge in [-0.2, -0.15) is 0 Å². The molecular formula is C16H25ClN2O2. The van der Waals surface area contributed by atoms with Crippen LogP contribution in [-0.4, -0.2) is 43.7 Å². The van der Waals surface area contributed by atoms with Crippen molar-refractivity contribution in [3.05, 3.63) is 29.3 Å². The third-order valence-electron chi connectivity index (χ3n) is 3.70. The van der Waals surface area contributed by atoms with Crippen molar-refractivity contribution in [2.45, 2.75) is 26.7 Å². The molecule has 118 valence electrons. The number of rotatable bonds is 6. The maximum absolute atomic E-state index is 12.7. The second-order valence-corrected chi connectivity index (χ2v) is 4.94. The monoisotopic (exact) mass is 312 g/mol. The van der Waals surface area contributed by atoms with E-state index in [2.05, 4.69) is 11.4 Å². The highest BCUT2D eigenvalue weighted by molar-refractivity contribution is 5.97. The van der Waals surface area contributed by atoms with Gasteiger partial charge in [0.05, 0.1) is 6.61 Å². The molecule has 0 saturated heterocycles. The van der Waals surface area contributed by atoms with E-state index in [0.29, 0.717) is 26.3 Å². The highest BCUT2D eigenvalue weighted by Gasteiger charge is 2.20. The van der Waals surface area contributed by atoms with Gasteiger partial charge in [0.2, 0.25) is 0 Å². The van der Waals surface area contributed by atoms with Crippen molar-refractivity contribution in [2.24, 2.45) is 0 Å². The highest BCUT2D eigenvalue weighted by atomic mass is 35.5. The summed E-state index contributed by atoms with van der Waals surface area (Å²) in [6.45, 7) is 7.63. The highest BCUT2D eigenvalue weighted by Crippen LogP contribution is 2.26. The standard InChI is InChI=1S/C16H24N2O2.ClH/c1-3-18(11-12-20-4-2)16(19)14-7-5-9-15-13(14)8-6-10-17-15;/h5,7,9,17H,3-4,6,8,10-12H2,1-2H3;1H. The van der Waals surface area contributed by atoms with E-state index >= 15 is 0 Å². The molecule has 1 aliphatic rings. The van der Waals surface area contributed by atoms with Gasteiger partial charge in [0.15, 0.2) is 0 Å². The van der Waals surface area contributed by atoms with Crippen molar-refractivity contribution in [1.29, 1.82) is 0 Å². The zero-order valence-corrected chi connectivity index (χ0v) is 13.7. The van der Waals surface area contributed by atoms with Crippen LogP contribution in [0.2, 0.25) is 0 Å². The first-order valence-corrected chi connectivity index (χ1v) is 7.50. The van der Waals surface area contributed by atoms with E-state index < -0.39 is 0 Å². The first-order valence-electron chi connectivity index (χ1n) is 7.50. The van der Waals surface area contributed by atoms with Crippen LogP contribution < -0.4 is 5.32 Å². The molecule has 1 N–H and O–H groups in total. The number of hydrogen-bond donors (Lipinski definition) is 1. The summed E-state index contributed by atoms with van der Waals surface area (Å²) in [5.74, 6) is 0.118. The van der Waals surface area contributed by atoms with Crippen LogP contribution in [0.15, 0.2) is 18.2 Å². The number of nitrogens with one attached hydrogen (secondary N) is 1. The Morgan fingerprint density at radius 2 is 2.19 bits per heavy atom. The topological polar surface area (TPSA) is 41.6 Å². The summed E-state index contributed by atoms with van der Waals surface area (Å²) in [4.78, 5) is 14.5. The number of fused-ring (bicyclic) bond motifs is 1. The number of carbonyl (C=O) groups excluding carboxylic acids is 1. The van der Waals surface area contributed by atoms with E-state index in [9.17, 15) is 4.79 Å². The molecule has 21 heavy (non-hydrogen) atoms. The Morgan fingerprint density at radius 3 is 2.90 bits per heavy atom. The Morgan fingerprint density at radius 1 is 1.38 bits per heavy atom. The molecular weight excluding hydrogens is 288 g/mol. The van der Waals surface area contributed by atoms with E-state index in [1.807, 2.05) is 30.9 Å². The normalized spacial score (nSPS) is 12.9. The Hall–Kier alpha value is -1.26. The van der Waals surface area contributed by atoms with Crippen LogP contribution in [0.1, 0.15) is 36.2 Å². The Labute approximate surface area is 133 Å². The summed E-state index contributed by atoms with van der Waals surface area (Å²) in [6.07, 6.45) is 2.07. The first-order chi connectivity index (χ1) is 9.77. The number of anilines is 1. The number of ether oxygens (including phenoxy) is 1. The van der Waals surface area contributed by atoms with Gasteiger partial charge >= 0.3 is 0 Å². The van der Waals surface area contributed by atoms with E-state index in [1.165, 1.54) is 5.56 Å². The molecule has 1 aliphatic heterocycles. The fourth-order valence-electron chi connectivity index (χ4n) is 2.60. The van der Waals surface area contributed by atoms with Gasteiger partial charge in [-0.25, -0.2) is 0 Å². The Bertz CT molecular complexity index is 466. The van der Waals surface area contributed by atoms with Gasteiger partial charge in [-0.1, -0.05) is 6.07 Å². The second kappa shape index (κ2) is 8.90. The zero-order valence-electron chi connectivity index (χ0n) is 12.9. The van der Waals surface area contributed by atoms with Gasteiger partial charge in [-0.3, -0.25) is 4.79 Å². The second-order valence-electron chi connectivity index (χ2n) is 4.94. The van der Waals surface area contributed by atoms with E-state index in [-0.39, 0.29) is 18.3 Å². The van der Waals surface area contributed by atoms with Crippen LogP contribution in [0.25, 0.3) is 0 Å². The average Bonchev–Trinajstić information content (AvgIpc) is 2.50. The predicted molar refractivity (Wildman–Crippen MR) is 88.6 cm³/mol. The summed E-state index contributed by atoms with van der Waals surface area (Å²) in [5.41, 5.74) is 3.12. The minimum absolute atomic E-state index is 0. The number of nitrogens with zero attached hydrogens (tertiary/aromatic N) is 1. The molecule has 0 unspecified atom stereocenters. The van der Waals surface area contributed by atoms with Crippen molar-refractivity contribution >= 4 is 24.0 Å². The largest absolute Gasteiger partial charge is 0.385 e. The van der Waals surface area contributed by atoms with Crippen molar-refractivity contribution in [3.63, 3.8) is 0 Å². The van der Waals surface area contributed by atoms with Gasteiger partial charge in [-0.05, 0) is 44.4 Å². The molecule has 0 radical (unpaired) electrons. The molecule has 5 heteroatoms. The van der Waals surface area contributed by atoms with E-state index in [0.717, 1.165) is 30.6 Å². The molecule has 0 atom stereocenters. The summed E-state index contributed by atoms with van der Waals surface area (Å²) in [7, 11) is 0. The van der Waals surface area contributed by atoms with Gasteiger partial charge in [0, 0.05) is 37.5 Å². The number of hydrogen-bond acceptors (Lipinski definition) is 3. The molecule has 2 rings (SSSR count). The maximum Gasteiger partial charge on any atom is 0.254 e. The first kappa shape index (κ1) is 17.8. The number of benzene rings is 1.